The van der Waals surface area contributed by atoms with Crippen molar-refractivity contribution in [2.24, 2.45) is 5.92 Å². The lowest BCUT2D eigenvalue weighted by atomic mass is 9.83. The van der Waals surface area contributed by atoms with Crippen LogP contribution in [-0.2, 0) is 0 Å². The van der Waals surface area contributed by atoms with Gasteiger partial charge in [-0.2, -0.15) is 0 Å². The number of unbranched alkanes of at least 4 members (excludes halogenated alkanes) is 7. The molecule has 1 aliphatic carbocycles. The van der Waals surface area contributed by atoms with Crippen LogP contribution in [0.4, 0.5) is 5.69 Å². The molecule has 0 spiro atoms. The van der Waals surface area contributed by atoms with Crippen LogP contribution in [0.1, 0.15) is 89.5 Å². The maximum Gasteiger partial charge on any atom is 0.0708 e. The molecule has 2 aliphatic rings. The largest absolute Gasteiger partial charge is 0.252 e. The van der Waals surface area contributed by atoms with E-state index in [1.807, 2.05) is 0 Å². The summed E-state index contributed by atoms with van der Waals surface area (Å²) >= 11 is 0. The fourth-order valence-corrected chi connectivity index (χ4v) is 4.23. The molecule has 0 N–H and O–H groups in total. The average Bonchev–Trinajstić information content (AvgIpc) is 2.97. The van der Waals surface area contributed by atoms with Gasteiger partial charge in [0.1, 0.15) is 0 Å². The summed E-state index contributed by atoms with van der Waals surface area (Å²) in [6.45, 7) is 2.29. The van der Waals surface area contributed by atoms with Gasteiger partial charge in [-0.3, -0.25) is 5.32 Å². The summed E-state index contributed by atoms with van der Waals surface area (Å²) in [5, 5.41) is 4.98. The van der Waals surface area contributed by atoms with Crippen molar-refractivity contribution in [3.8, 4) is 0 Å². The monoisotopic (exact) mass is 310 g/mol. The van der Waals surface area contributed by atoms with Crippen molar-refractivity contribution in [2.75, 3.05) is 0 Å². The second-order valence-corrected chi connectivity index (χ2v) is 7.35. The molecule has 1 heterocycles. The zero-order chi connectivity index (χ0) is 15.9. The number of hydrogen-bond donors (Lipinski definition) is 0. The van der Waals surface area contributed by atoms with Gasteiger partial charge >= 0.3 is 0 Å². The van der Waals surface area contributed by atoms with Crippen LogP contribution in [0.5, 0.6) is 0 Å². The molecular weight excluding hydrogens is 278 g/mol. The maximum absolute atomic E-state index is 4.98. The normalized spacial score (nSPS) is 19.4. The Morgan fingerprint density at radius 3 is 2.52 bits per heavy atom. The molecule has 1 atom stereocenters. The van der Waals surface area contributed by atoms with E-state index >= 15 is 0 Å². The first-order valence-electron chi connectivity index (χ1n) is 9.94. The van der Waals surface area contributed by atoms with E-state index in [0.717, 1.165) is 5.92 Å². The first-order chi connectivity index (χ1) is 11.4. The summed E-state index contributed by atoms with van der Waals surface area (Å²) in [5.41, 5.74) is 5.65. The van der Waals surface area contributed by atoms with E-state index in [-0.39, 0.29) is 0 Å². The lowest BCUT2D eigenvalue weighted by Gasteiger charge is -2.24. The Bertz CT molecular complexity index is 529. The SMILES string of the molecule is CCCCCCCCCCC1CCCC2=C1[N]c1ccccc12. The van der Waals surface area contributed by atoms with Crippen LogP contribution in [-0.4, -0.2) is 0 Å². The first-order valence-corrected chi connectivity index (χ1v) is 9.94. The minimum absolute atomic E-state index is 0.728. The number of rotatable bonds is 9. The van der Waals surface area contributed by atoms with E-state index in [9.17, 15) is 0 Å². The lowest BCUT2D eigenvalue weighted by Crippen LogP contribution is -2.13. The van der Waals surface area contributed by atoms with Crippen molar-refractivity contribution >= 4 is 11.3 Å². The molecule has 0 saturated heterocycles. The van der Waals surface area contributed by atoms with Crippen molar-refractivity contribution in [1.29, 1.82) is 0 Å². The van der Waals surface area contributed by atoms with Crippen molar-refractivity contribution < 1.29 is 0 Å². The molecule has 1 heteroatoms. The third-order valence-corrected chi connectivity index (χ3v) is 5.55. The quantitative estimate of drug-likeness (QED) is 0.437. The molecule has 1 aliphatic heterocycles. The van der Waals surface area contributed by atoms with E-state index in [1.54, 1.807) is 5.57 Å². The predicted octanol–water partition coefficient (Wildman–Crippen LogP) is 6.98. The lowest BCUT2D eigenvalue weighted by molar-refractivity contribution is 0.441. The fourth-order valence-electron chi connectivity index (χ4n) is 4.23. The summed E-state index contributed by atoms with van der Waals surface area (Å²) < 4.78 is 0. The minimum atomic E-state index is 0.728. The van der Waals surface area contributed by atoms with Gasteiger partial charge in [0.15, 0.2) is 0 Å². The zero-order valence-electron chi connectivity index (χ0n) is 14.8. The Morgan fingerprint density at radius 2 is 1.70 bits per heavy atom. The van der Waals surface area contributed by atoms with Crippen LogP contribution in [0.3, 0.4) is 0 Å². The number of benzene rings is 1. The van der Waals surface area contributed by atoms with Crippen LogP contribution in [0.15, 0.2) is 30.0 Å². The summed E-state index contributed by atoms with van der Waals surface area (Å²) in [5.74, 6) is 0.728. The summed E-state index contributed by atoms with van der Waals surface area (Å²) in [6.07, 6.45) is 16.6. The van der Waals surface area contributed by atoms with Crippen molar-refractivity contribution in [2.45, 2.75) is 84.0 Å². The molecule has 1 aromatic carbocycles. The summed E-state index contributed by atoms with van der Waals surface area (Å²) in [4.78, 5) is 0. The molecule has 1 aromatic rings. The minimum Gasteiger partial charge on any atom is -0.252 e. The Hall–Kier alpha value is -1.24. The molecule has 0 aromatic heterocycles. The Morgan fingerprint density at radius 1 is 0.957 bits per heavy atom. The molecule has 1 nitrogen and oxygen atoms in total. The second-order valence-electron chi connectivity index (χ2n) is 7.35. The number of hydrogen-bond acceptors (Lipinski definition) is 0. The highest BCUT2D eigenvalue weighted by molar-refractivity contribution is 5.82. The molecule has 0 fully saturated rings. The van der Waals surface area contributed by atoms with Gasteiger partial charge in [0.25, 0.3) is 0 Å². The Balaban J connectivity index is 1.42. The number of allylic oxidation sites excluding steroid dienone is 2. The van der Waals surface area contributed by atoms with E-state index in [1.165, 1.54) is 94.0 Å². The second kappa shape index (κ2) is 8.57. The van der Waals surface area contributed by atoms with Gasteiger partial charge in [-0.25, -0.2) is 0 Å². The van der Waals surface area contributed by atoms with Crippen molar-refractivity contribution in [1.82, 2.24) is 5.32 Å². The molecule has 1 radical (unpaired) electrons. The highest BCUT2D eigenvalue weighted by Crippen LogP contribution is 2.45. The molecule has 23 heavy (non-hydrogen) atoms. The number of para-hydroxylation sites is 1. The van der Waals surface area contributed by atoms with E-state index in [0.29, 0.717) is 0 Å². The Labute approximate surface area is 142 Å². The molecular formula is C22H32N. The van der Waals surface area contributed by atoms with Crippen LogP contribution < -0.4 is 5.32 Å². The predicted molar refractivity (Wildman–Crippen MR) is 99.7 cm³/mol. The van der Waals surface area contributed by atoms with Crippen molar-refractivity contribution in [3.05, 3.63) is 35.5 Å². The van der Waals surface area contributed by atoms with Gasteiger partial charge in [0.05, 0.1) is 5.69 Å². The zero-order valence-corrected chi connectivity index (χ0v) is 14.8. The standard InChI is InChI=1S/C22H32N/c1-2-3-4-5-6-7-8-9-13-18-14-12-16-20-19-15-10-11-17-21(19)23-22(18)20/h10-11,15,17-18H,2-9,12-14,16H2,1H3. The summed E-state index contributed by atoms with van der Waals surface area (Å²) in [6, 6.07) is 8.72. The fraction of sp³-hybridized carbons (Fsp3) is 0.636. The Kier molecular flexibility index (Phi) is 6.19. The van der Waals surface area contributed by atoms with Gasteiger partial charge in [-0.1, -0.05) is 76.5 Å². The van der Waals surface area contributed by atoms with Gasteiger partial charge in [0, 0.05) is 17.2 Å². The molecule has 0 bridgehead atoms. The van der Waals surface area contributed by atoms with Gasteiger partial charge in [0.2, 0.25) is 0 Å². The average molecular weight is 311 g/mol. The van der Waals surface area contributed by atoms with Crippen LogP contribution >= 0.6 is 0 Å². The van der Waals surface area contributed by atoms with Crippen molar-refractivity contribution in [3.63, 3.8) is 0 Å². The highest BCUT2D eigenvalue weighted by Gasteiger charge is 2.30. The first kappa shape index (κ1) is 16.6. The maximum atomic E-state index is 4.98. The summed E-state index contributed by atoms with van der Waals surface area (Å²) in [7, 11) is 0. The van der Waals surface area contributed by atoms with E-state index in [4.69, 9.17) is 5.32 Å². The molecule has 0 amide bonds. The third-order valence-electron chi connectivity index (χ3n) is 5.55. The third kappa shape index (κ3) is 4.19. The smallest absolute Gasteiger partial charge is 0.0708 e. The highest BCUT2D eigenvalue weighted by atomic mass is 14.9. The van der Waals surface area contributed by atoms with Crippen LogP contribution in [0, 0.1) is 5.92 Å². The molecule has 0 saturated carbocycles. The number of fused-ring (bicyclic) bond motifs is 2. The van der Waals surface area contributed by atoms with E-state index < -0.39 is 0 Å². The van der Waals surface area contributed by atoms with Gasteiger partial charge < -0.3 is 0 Å². The van der Waals surface area contributed by atoms with Gasteiger partial charge in [-0.05, 0) is 37.3 Å². The van der Waals surface area contributed by atoms with E-state index in [2.05, 4.69) is 31.2 Å². The van der Waals surface area contributed by atoms with Crippen LogP contribution in [0.2, 0.25) is 0 Å². The molecule has 3 rings (SSSR count). The number of nitrogens with zero attached hydrogens (tertiary/aromatic N) is 1. The van der Waals surface area contributed by atoms with Gasteiger partial charge in [-0.15, -0.1) is 0 Å². The molecule has 125 valence electrons. The topological polar surface area (TPSA) is 14.1 Å². The van der Waals surface area contributed by atoms with Crippen LogP contribution in [0.25, 0.3) is 5.57 Å². The molecule has 1 unspecified atom stereocenters.